The summed E-state index contributed by atoms with van der Waals surface area (Å²) in [6.45, 7) is 0. The van der Waals surface area contributed by atoms with Crippen LogP contribution in [-0.4, -0.2) is 9.97 Å². The highest BCUT2D eigenvalue weighted by Gasteiger charge is 2.22. The molecule has 0 N–H and O–H groups in total. The highest BCUT2D eigenvalue weighted by Crippen LogP contribution is 2.45. The molecule has 56 heavy (non-hydrogen) atoms. The zero-order valence-electron chi connectivity index (χ0n) is 30.0. The molecule has 0 amide bonds. The van der Waals surface area contributed by atoms with Crippen LogP contribution in [0.25, 0.3) is 119 Å². The number of aromatic nitrogens is 2. The van der Waals surface area contributed by atoms with E-state index < -0.39 is 0 Å². The highest BCUT2D eigenvalue weighted by atomic mass is 32.1. The van der Waals surface area contributed by atoms with Gasteiger partial charge in [0, 0.05) is 37.5 Å². The maximum Gasteiger partial charge on any atom is 0.161 e. The molecule has 12 rings (SSSR count). The summed E-state index contributed by atoms with van der Waals surface area (Å²) in [6, 6.07) is 64.9. The average molecular weight is 731 g/mol. The van der Waals surface area contributed by atoms with Crippen molar-refractivity contribution in [2.75, 3.05) is 0 Å². The quantitative estimate of drug-likeness (QED) is 0.169. The predicted molar refractivity (Wildman–Crippen MR) is 236 cm³/mol. The van der Waals surface area contributed by atoms with Gasteiger partial charge >= 0.3 is 0 Å². The molecular weight excluding hydrogens is 701 g/mol. The van der Waals surface area contributed by atoms with Crippen LogP contribution in [0.4, 0.5) is 0 Å². The molecule has 260 valence electrons. The van der Waals surface area contributed by atoms with Crippen molar-refractivity contribution in [2.24, 2.45) is 0 Å². The Hall–Kier alpha value is -7.14. The van der Waals surface area contributed by atoms with Gasteiger partial charge in [0.1, 0.15) is 11.2 Å². The Labute approximate surface area is 325 Å². The number of thiophene rings is 1. The van der Waals surface area contributed by atoms with Gasteiger partial charge in [-0.2, -0.15) is 0 Å². The van der Waals surface area contributed by atoms with Gasteiger partial charge in [-0.3, -0.25) is 0 Å². The lowest BCUT2D eigenvalue weighted by molar-refractivity contribution is 0.670. The number of fused-ring (bicyclic) bond motifs is 10. The number of hydrogen-bond donors (Lipinski definition) is 0. The molecule has 0 unspecified atom stereocenters. The van der Waals surface area contributed by atoms with E-state index in [0.29, 0.717) is 5.82 Å². The van der Waals surface area contributed by atoms with Gasteiger partial charge in [-0.05, 0) is 79.3 Å². The third kappa shape index (κ3) is 4.76. The van der Waals surface area contributed by atoms with Crippen LogP contribution in [0.3, 0.4) is 0 Å². The molecule has 4 heteroatoms. The minimum Gasteiger partial charge on any atom is -0.455 e. The van der Waals surface area contributed by atoms with Crippen molar-refractivity contribution in [2.45, 2.75) is 0 Å². The van der Waals surface area contributed by atoms with E-state index in [2.05, 4.69) is 182 Å². The maximum atomic E-state index is 6.85. The van der Waals surface area contributed by atoms with E-state index in [-0.39, 0.29) is 0 Å². The lowest BCUT2D eigenvalue weighted by Crippen LogP contribution is -1.94. The lowest BCUT2D eigenvalue weighted by Gasteiger charge is -2.11. The van der Waals surface area contributed by atoms with Crippen molar-refractivity contribution in [3.8, 4) is 44.9 Å². The maximum absolute atomic E-state index is 6.85. The Morgan fingerprint density at radius 3 is 1.96 bits per heavy atom. The molecule has 0 saturated carbocycles. The first-order valence-electron chi connectivity index (χ1n) is 18.9. The summed E-state index contributed by atoms with van der Waals surface area (Å²) in [7, 11) is 0. The largest absolute Gasteiger partial charge is 0.455 e. The molecule has 3 aromatic heterocycles. The molecule has 0 atom stereocenters. The van der Waals surface area contributed by atoms with E-state index in [4.69, 9.17) is 14.4 Å². The SMILES string of the molecule is c1ccc(-c2ccc3cc(-c4nc(-c5cccc6oc7c(-c8cc9ccccc9c9ccccc89)cccc7c56)nc5c4sc4ccccc45)ccc3c2)cc1. The van der Waals surface area contributed by atoms with Crippen molar-refractivity contribution in [1.82, 2.24) is 9.97 Å². The van der Waals surface area contributed by atoms with Crippen LogP contribution in [0, 0.1) is 0 Å². The first-order valence-corrected chi connectivity index (χ1v) is 19.7. The summed E-state index contributed by atoms with van der Waals surface area (Å²) in [5, 5.41) is 10.5. The molecule has 0 aliphatic carbocycles. The molecule has 0 aliphatic rings. The molecule has 0 aliphatic heterocycles. The minimum atomic E-state index is 0.686. The van der Waals surface area contributed by atoms with Crippen molar-refractivity contribution in [1.29, 1.82) is 0 Å². The average Bonchev–Trinajstić information content (AvgIpc) is 3.85. The van der Waals surface area contributed by atoms with Gasteiger partial charge in [0.2, 0.25) is 0 Å². The first-order chi connectivity index (χ1) is 27.7. The number of furan rings is 1. The van der Waals surface area contributed by atoms with Crippen LogP contribution in [0.15, 0.2) is 186 Å². The summed E-state index contributed by atoms with van der Waals surface area (Å²) >= 11 is 1.76. The van der Waals surface area contributed by atoms with Gasteiger partial charge < -0.3 is 4.42 Å². The Morgan fingerprint density at radius 2 is 1.09 bits per heavy atom. The molecule has 0 radical (unpaired) electrons. The Balaban J connectivity index is 1.08. The zero-order valence-corrected chi connectivity index (χ0v) is 30.8. The summed E-state index contributed by atoms with van der Waals surface area (Å²) < 4.78 is 9.14. The smallest absolute Gasteiger partial charge is 0.161 e. The molecule has 3 heterocycles. The van der Waals surface area contributed by atoms with Gasteiger partial charge in [-0.1, -0.05) is 152 Å². The second-order valence-electron chi connectivity index (χ2n) is 14.5. The summed E-state index contributed by atoms with van der Waals surface area (Å²) in [4.78, 5) is 10.8. The van der Waals surface area contributed by atoms with Crippen molar-refractivity contribution >= 4 is 85.9 Å². The van der Waals surface area contributed by atoms with E-state index in [1.165, 1.54) is 48.1 Å². The normalized spacial score (nSPS) is 11.9. The second-order valence-corrected chi connectivity index (χ2v) is 15.5. The fourth-order valence-electron chi connectivity index (χ4n) is 8.63. The van der Waals surface area contributed by atoms with Crippen LogP contribution in [0.2, 0.25) is 0 Å². The number of benzene rings is 9. The second kappa shape index (κ2) is 12.2. The van der Waals surface area contributed by atoms with E-state index in [9.17, 15) is 0 Å². The van der Waals surface area contributed by atoms with Crippen LogP contribution >= 0.6 is 11.3 Å². The summed E-state index contributed by atoms with van der Waals surface area (Å²) in [6.07, 6.45) is 0. The molecule has 0 bridgehead atoms. The molecule has 0 spiro atoms. The van der Waals surface area contributed by atoms with Gasteiger partial charge in [-0.15, -0.1) is 11.3 Å². The Bertz CT molecular complexity index is 3540. The highest BCUT2D eigenvalue weighted by molar-refractivity contribution is 7.26. The molecule has 12 aromatic rings. The topological polar surface area (TPSA) is 38.9 Å². The van der Waals surface area contributed by atoms with Gasteiger partial charge in [-0.25, -0.2) is 9.97 Å². The first kappa shape index (κ1) is 31.2. The van der Waals surface area contributed by atoms with Gasteiger partial charge in [0.05, 0.1) is 15.9 Å². The van der Waals surface area contributed by atoms with Crippen LogP contribution in [0.5, 0.6) is 0 Å². The fourth-order valence-corrected chi connectivity index (χ4v) is 9.79. The third-order valence-corrected chi connectivity index (χ3v) is 12.4. The van der Waals surface area contributed by atoms with E-state index in [1.54, 1.807) is 11.3 Å². The van der Waals surface area contributed by atoms with Crippen molar-refractivity contribution in [3.63, 3.8) is 0 Å². The number of hydrogen-bond acceptors (Lipinski definition) is 4. The molecule has 0 saturated heterocycles. The zero-order chi connectivity index (χ0) is 36.7. The fraction of sp³-hybridized carbons (Fsp3) is 0. The van der Waals surface area contributed by atoms with E-state index in [0.717, 1.165) is 65.5 Å². The van der Waals surface area contributed by atoms with Gasteiger partial charge in [0.25, 0.3) is 0 Å². The van der Waals surface area contributed by atoms with E-state index in [1.807, 2.05) is 0 Å². The standard InChI is InChI=1S/C52H30N2OS/c1-2-12-31(13-3-1)32-24-25-34-29-36(27-26-33(34)28-32)48-51-49(41-18-8-9-23-46(41)56-51)54-52(53-48)43-21-11-22-45-47(43)42-20-10-19-40(50(42)55-45)44-30-35-14-4-5-15-37(35)38-16-6-7-17-39(38)44/h1-30H. The Morgan fingerprint density at radius 1 is 0.411 bits per heavy atom. The van der Waals surface area contributed by atoms with E-state index >= 15 is 0 Å². The van der Waals surface area contributed by atoms with Crippen molar-refractivity contribution in [3.05, 3.63) is 182 Å². The van der Waals surface area contributed by atoms with Crippen LogP contribution in [0.1, 0.15) is 0 Å². The molecule has 9 aromatic carbocycles. The van der Waals surface area contributed by atoms with Crippen molar-refractivity contribution < 1.29 is 4.42 Å². The van der Waals surface area contributed by atoms with Crippen LogP contribution in [-0.2, 0) is 0 Å². The monoisotopic (exact) mass is 730 g/mol. The third-order valence-electron chi connectivity index (χ3n) is 11.3. The number of nitrogens with zero attached hydrogens (tertiary/aromatic N) is 2. The summed E-state index contributed by atoms with van der Waals surface area (Å²) in [5.41, 5.74) is 10.3. The molecule has 0 fully saturated rings. The number of para-hydroxylation sites is 1. The lowest BCUT2D eigenvalue weighted by atomic mass is 9.92. The Kier molecular flexibility index (Phi) is 6.80. The minimum absolute atomic E-state index is 0.686. The number of rotatable bonds is 4. The van der Waals surface area contributed by atoms with Gasteiger partial charge in [0.15, 0.2) is 5.82 Å². The predicted octanol–water partition coefficient (Wildman–Crippen LogP) is 14.9. The molecular formula is C52H30N2OS. The molecule has 3 nitrogen and oxygen atoms in total. The summed E-state index contributed by atoms with van der Waals surface area (Å²) in [5.74, 6) is 0.686. The van der Waals surface area contributed by atoms with Crippen LogP contribution < -0.4 is 0 Å².